The normalized spacial score (nSPS) is 30.5. The van der Waals surface area contributed by atoms with E-state index in [2.05, 4.69) is 10.3 Å². The molecule has 0 saturated carbocycles. The summed E-state index contributed by atoms with van der Waals surface area (Å²) in [5, 5.41) is 0. The lowest BCUT2D eigenvalue weighted by atomic mass is 10.5. The van der Waals surface area contributed by atoms with Crippen LogP contribution in [-0.4, -0.2) is 6.17 Å². The van der Waals surface area contributed by atoms with Gasteiger partial charge in [0.25, 0.3) is 0 Å². The van der Waals surface area contributed by atoms with Crippen LogP contribution in [0.4, 0.5) is 0 Å². The maximum atomic E-state index is 5.21. The number of nitrogens with one attached hydrogen (secondary N) is 1. The Kier molecular flexibility index (Phi) is 0.777. The number of hydrogen-bond donors (Lipinski definition) is 2. The minimum Gasteiger partial charge on any atom is -0.415 e. The molecule has 1 rings (SSSR count). The molecule has 1 unspecified atom stereocenters. The Morgan fingerprint density at radius 3 is 2.83 bits per heavy atom. The SMILES string of the molecule is NC1C=CON1. The van der Waals surface area contributed by atoms with Crippen LogP contribution in [0.25, 0.3) is 0 Å². The third-order valence-corrected chi connectivity index (χ3v) is 0.558. The van der Waals surface area contributed by atoms with Gasteiger partial charge in [0.15, 0.2) is 0 Å². The van der Waals surface area contributed by atoms with Crippen molar-refractivity contribution < 1.29 is 4.84 Å². The molecular formula is C3H6N2O. The molecule has 3 heteroatoms. The summed E-state index contributed by atoms with van der Waals surface area (Å²) in [6.45, 7) is 0. The summed E-state index contributed by atoms with van der Waals surface area (Å²) in [7, 11) is 0. The van der Waals surface area contributed by atoms with Crippen LogP contribution < -0.4 is 11.2 Å². The minimum absolute atomic E-state index is 0.106. The topological polar surface area (TPSA) is 47.3 Å². The van der Waals surface area contributed by atoms with E-state index in [0.29, 0.717) is 0 Å². The number of nitrogens with two attached hydrogens (primary N) is 1. The van der Waals surface area contributed by atoms with E-state index in [0.717, 1.165) is 0 Å². The third-order valence-electron chi connectivity index (χ3n) is 0.558. The summed E-state index contributed by atoms with van der Waals surface area (Å²) in [5.41, 5.74) is 7.70. The van der Waals surface area contributed by atoms with Crippen LogP contribution in [0.15, 0.2) is 12.3 Å². The smallest absolute Gasteiger partial charge is 0.111 e. The van der Waals surface area contributed by atoms with Gasteiger partial charge in [0, 0.05) is 0 Å². The number of hydrogen-bond acceptors (Lipinski definition) is 3. The van der Waals surface area contributed by atoms with Crippen molar-refractivity contribution in [1.82, 2.24) is 5.48 Å². The molecule has 0 aliphatic carbocycles. The minimum atomic E-state index is -0.106. The predicted molar refractivity (Wildman–Crippen MR) is 21.3 cm³/mol. The van der Waals surface area contributed by atoms with Gasteiger partial charge in [-0.05, 0) is 6.08 Å². The molecule has 0 aromatic rings. The third kappa shape index (κ3) is 0.502. The van der Waals surface area contributed by atoms with Crippen LogP contribution >= 0.6 is 0 Å². The zero-order chi connectivity index (χ0) is 4.41. The molecule has 0 bridgehead atoms. The zero-order valence-corrected chi connectivity index (χ0v) is 3.22. The highest BCUT2D eigenvalue weighted by molar-refractivity contribution is 4.86. The summed E-state index contributed by atoms with van der Waals surface area (Å²) in [4.78, 5) is 4.50. The molecule has 0 radical (unpaired) electrons. The van der Waals surface area contributed by atoms with E-state index in [1.54, 1.807) is 6.08 Å². The molecule has 1 aliphatic rings. The number of hydroxylamine groups is 1. The quantitative estimate of drug-likeness (QED) is 0.410. The first-order valence-corrected chi connectivity index (χ1v) is 1.73. The average molecular weight is 86.1 g/mol. The van der Waals surface area contributed by atoms with E-state index in [9.17, 15) is 0 Å². The lowest BCUT2D eigenvalue weighted by Crippen LogP contribution is -2.29. The average Bonchev–Trinajstić information content (AvgIpc) is 1.86. The summed E-state index contributed by atoms with van der Waals surface area (Å²) < 4.78 is 0. The zero-order valence-electron chi connectivity index (χ0n) is 3.22. The molecule has 1 aliphatic heterocycles. The first-order chi connectivity index (χ1) is 2.89. The summed E-state index contributed by atoms with van der Waals surface area (Å²) in [6, 6.07) is 0. The highest BCUT2D eigenvalue weighted by atomic mass is 16.6. The predicted octanol–water partition coefficient (Wildman–Crippen LogP) is -0.680. The Morgan fingerprint density at radius 1 is 1.83 bits per heavy atom. The van der Waals surface area contributed by atoms with Gasteiger partial charge >= 0.3 is 0 Å². The molecule has 6 heavy (non-hydrogen) atoms. The van der Waals surface area contributed by atoms with E-state index in [1.165, 1.54) is 6.26 Å². The monoisotopic (exact) mass is 86.0 g/mol. The van der Waals surface area contributed by atoms with Gasteiger partial charge in [0.05, 0.1) is 0 Å². The van der Waals surface area contributed by atoms with Crippen LogP contribution in [0.3, 0.4) is 0 Å². The molecule has 1 heterocycles. The first-order valence-electron chi connectivity index (χ1n) is 1.73. The fraction of sp³-hybridized carbons (Fsp3) is 0.333. The van der Waals surface area contributed by atoms with Gasteiger partial charge in [-0.25, -0.2) is 0 Å². The van der Waals surface area contributed by atoms with Gasteiger partial charge in [-0.15, -0.1) is 5.48 Å². The van der Waals surface area contributed by atoms with Crippen LogP contribution in [0, 0.1) is 0 Å². The highest BCUT2D eigenvalue weighted by Gasteiger charge is 1.98. The van der Waals surface area contributed by atoms with E-state index in [-0.39, 0.29) is 6.17 Å². The molecular weight excluding hydrogens is 80.0 g/mol. The second kappa shape index (κ2) is 1.28. The van der Waals surface area contributed by atoms with Gasteiger partial charge in [-0.1, -0.05) is 0 Å². The molecule has 0 fully saturated rings. The molecule has 0 amide bonds. The lowest BCUT2D eigenvalue weighted by molar-refractivity contribution is 0.143. The van der Waals surface area contributed by atoms with Crippen molar-refractivity contribution in [3.05, 3.63) is 12.3 Å². The first kappa shape index (κ1) is 3.64. The van der Waals surface area contributed by atoms with Crippen molar-refractivity contribution in [3.8, 4) is 0 Å². The van der Waals surface area contributed by atoms with Gasteiger partial charge in [-0.2, -0.15) is 0 Å². The second-order valence-electron chi connectivity index (χ2n) is 1.09. The van der Waals surface area contributed by atoms with E-state index in [4.69, 9.17) is 5.73 Å². The number of rotatable bonds is 0. The summed E-state index contributed by atoms with van der Waals surface area (Å²) in [6.07, 6.45) is 3.13. The van der Waals surface area contributed by atoms with Crippen LogP contribution in [-0.2, 0) is 4.84 Å². The van der Waals surface area contributed by atoms with Crippen molar-refractivity contribution >= 4 is 0 Å². The fourth-order valence-electron chi connectivity index (χ4n) is 0.281. The summed E-state index contributed by atoms with van der Waals surface area (Å²) in [5.74, 6) is 0. The molecule has 34 valence electrons. The molecule has 0 saturated heterocycles. The maximum Gasteiger partial charge on any atom is 0.111 e. The Balaban J connectivity index is 2.38. The fourth-order valence-corrected chi connectivity index (χ4v) is 0.281. The van der Waals surface area contributed by atoms with E-state index < -0.39 is 0 Å². The Labute approximate surface area is 35.7 Å². The molecule has 3 nitrogen and oxygen atoms in total. The van der Waals surface area contributed by atoms with Crippen LogP contribution in [0.5, 0.6) is 0 Å². The van der Waals surface area contributed by atoms with Gasteiger partial charge in [0.1, 0.15) is 12.4 Å². The summed E-state index contributed by atoms with van der Waals surface area (Å²) >= 11 is 0. The van der Waals surface area contributed by atoms with Crippen LogP contribution in [0.2, 0.25) is 0 Å². The van der Waals surface area contributed by atoms with E-state index >= 15 is 0 Å². The standard InChI is InChI=1S/C3H6N2O/c4-3-1-2-6-5-3/h1-3,5H,4H2. The Hall–Kier alpha value is -0.540. The van der Waals surface area contributed by atoms with Gasteiger partial charge in [-0.3, -0.25) is 0 Å². The second-order valence-corrected chi connectivity index (χ2v) is 1.09. The van der Waals surface area contributed by atoms with Crippen molar-refractivity contribution in [2.45, 2.75) is 6.17 Å². The van der Waals surface area contributed by atoms with Gasteiger partial charge < -0.3 is 10.6 Å². The molecule has 1 atom stereocenters. The van der Waals surface area contributed by atoms with Crippen LogP contribution in [0.1, 0.15) is 0 Å². The largest absolute Gasteiger partial charge is 0.415 e. The van der Waals surface area contributed by atoms with Crippen molar-refractivity contribution in [1.29, 1.82) is 0 Å². The Morgan fingerprint density at radius 2 is 2.67 bits per heavy atom. The Bertz CT molecular complexity index is 71.2. The molecule has 0 aromatic carbocycles. The molecule has 0 spiro atoms. The highest BCUT2D eigenvalue weighted by Crippen LogP contribution is 1.85. The van der Waals surface area contributed by atoms with Gasteiger partial charge in [0.2, 0.25) is 0 Å². The van der Waals surface area contributed by atoms with Crippen molar-refractivity contribution in [3.63, 3.8) is 0 Å². The lowest BCUT2D eigenvalue weighted by Gasteiger charge is -1.94. The van der Waals surface area contributed by atoms with E-state index in [1.807, 2.05) is 0 Å². The van der Waals surface area contributed by atoms with Crippen molar-refractivity contribution in [2.75, 3.05) is 0 Å². The maximum absolute atomic E-state index is 5.21. The van der Waals surface area contributed by atoms with Crippen molar-refractivity contribution in [2.24, 2.45) is 5.73 Å². The molecule has 3 N–H and O–H groups in total. The molecule has 0 aromatic heterocycles.